The first kappa shape index (κ1) is 10.4. The molecule has 64 valence electrons. The van der Waals surface area contributed by atoms with E-state index in [1.165, 1.54) is 0 Å². The Morgan fingerprint density at radius 1 is 1.18 bits per heavy atom. The van der Waals surface area contributed by atoms with Gasteiger partial charge in [-0.1, -0.05) is 12.2 Å². The topological polar surface area (TPSA) is 27.5 Å². The predicted molar refractivity (Wildman–Crippen MR) is 48.3 cm³/mol. The van der Waals surface area contributed by atoms with Crippen molar-refractivity contribution >= 4 is 0 Å². The molecule has 2 nitrogen and oxygen atoms in total. The third-order valence-corrected chi connectivity index (χ3v) is 1.78. The summed E-state index contributed by atoms with van der Waals surface area (Å²) in [7, 11) is 1.61. The summed E-state index contributed by atoms with van der Waals surface area (Å²) in [5.41, 5.74) is -0.399. The molecule has 2 heteroatoms. The first-order valence-electron chi connectivity index (χ1n) is 3.85. The zero-order chi connectivity index (χ0) is 8.91. The van der Waals surface area contributed by atoms with Crippen molar-refractivity contribution in [1.82, 2.24) is 0 Å². The van der Waals surface area contributed by atoms with Crippen LogP contribution < -0.4 is 5.06 Å². The number of quaternary nitrogens is 1. The van der Waals surface area contributed by atoms with E-state index in [2.05, 4.69) is 0 Å². The van der Waals surface area contributed by atoms with Gasteiger partial charge in [0.15, 0.2) is 0 Å². The van der Waals surface area contributed by atoms with Crippen molar-refractivity contribution in [2.75, 3.05) is 7.05 Å². The molecule has 0 saturated heterocycles. The largest absolute Gasteiger partial charge is 0.634 e. The number of rotatable bonds is 3. The van der Waals surface area contributed by atoms with Gasteiger partial charge in [-0.2, -0.15) is 0 Å². The average molecular weight is 155 g/mol. The van der Waals surface area contributed by atoms with Crippen LogP contribution in [0.25, 0.3) is 0 Å². The second kappa shape index (κ2) is 4.31. The number of likely N-dealkylation sites (N-methyl/N-ethyl adjacent to an activating group) is 1. The second-order valence-corrected chi connectivity index (χ2v) is 2.84. The van der Waals surface area contributed by atoms with Crippen molar-refractivity contribution in [3.05, 3.63) is 29.5 Å². The molecule has 1 N–H and O–H groups in total. The van der Waals surface area contributed by atoms with Crippen molar-refractivity contribution < 1.29 is 5.06 Å². The highest BCUT2D eigenvalue weighted by atomic mass is 16.5. The Kier molecular flexibility index (Phi) is 4.08. The Bertz CT molecular complexity index is 147. The summed E-state index contributed by atoms with van der Waals surface area (Å²) in [6.07, 6.45) is 7.63. The van der Waals surface area contributed by atoms with Crippen molar-refractivity contribution in [3.8, 4) is 0 Å². The zero-order valence-electron chi connectivity index (χ0n) is 7.72. The van der Waals surface area contributed by atoms with Gasteiger partial charge in [-0.05, 0) is 32.9 Å². The van der Waals surface area contributed by atoms with E-state index in [0.717, 1.165) is 0 Å². The molecular weight excluding hydrogens is 138 g/mol. The monoisotopic (exact) mass is 155 g/mol. The van der Waals surface area contributed by atoms with Crippen LogP contribution in [0.2, 0.25) is 0 Å². The maximum Gasteiger partial charge on any atom is 0.132 e. The first-order valence-corrected chi connectivity index (χ1v) is 3.85. The Morgan fingerprint density at radius 3 is 1.73 bits per heavy atom. The van der Waals surface area contributed by atoms with Gasteiger partial charge in [0.2, 0.25) is 0 Å². The second-order valence-electron chi connectivity index (χ2n) is 2.84. The van der Waals surface area contributed by atoms with Crippen LogP contribution >= 0.6 is 0 Å². The maximum absolute atomic E-state index is 11.1. The normalized spacial score (nSPS) is 16.5. The van der Waals surface area contributed by atoms with Crippen LogP contribution in [0.3, 0.4) is 0 Å². The molecule has 11 heavy (non-hydrogen) atoms. The summed E-state index contributed by atoms with van der Waals surface area (Å²) in [4.78, 5) is 0. The molecule has 0 spiro atoms. The van der Waals surface area contributed by atoms with Gasteiger partial charge in [-0.3, -0.25) is 0 Å². The van der Waals surface area contributed by atoms with E-state index in [9.17, 15) is 5.21 Å². The molecule has 1 atom stereocenters. The summed E-state index contributed by atoms with van der Waals surface area (Å²) < 4.78 is 0. The van der Waals surface area contributed by atoms with Crippen molar-refractivity contribution in [1.29, 1.82) is 0 Å². The summed E-state index contributed by atoms with van der Waals surface area (Å²) in [5, 5.41) is 11.3. The Labute approximate surface area is 68.8 Å². The van der Waals surface area contributed by atoms with Crippen LogP contribution in [0.4, 0.5) is 0 Å². The standard InChI is InChI=1S/C9H17NO/c1-5-7-9(3,8-6-2)10(4)11/h5-8,10H,1-4H3/b7-5-,8-6-. The summed E-state index contributed by atoms with van der Waals surface area (Å²) in [6, 6.07) is 0. The molecule has 0 aliphatic rings. The first-order chi connectivity index (χ1) is 5.06. The summed E-state index contributed by atoms with van der Waals surface area (Å²) >= 11 is 0. The molecule has 0 aliphatic heterocycles. The molecule has 0 radical (unpaired) electrons. The van der Waals surface area contributed by atoms with Gasteiger partial charge in [0.1, 0.15) is 5.54 Å². The SMILES string of the molecule is C/C=C\C(C)(/C=C\C)[NH+](C)[O-]. The minimum absolute atomic E-state index is 0.175. The molecule has 0 aromatic heterocycles. The molecule has 0 saturated carbocycles. The fraction of sp³-hybridized carbons (Fsp3) is 0.556. The number of allylic oxidation sites excluding steroid dienone is 2. The van der Waals surface area contributed by atoms with Gasteiger partial charge >= 0.3 is 0 Å². The molecule has 0 amide bonds. The minimum atomic E-state index is -0.399. The van der Waals surface area contributed by atoms with Gasteiger partial charge in [0.25, 0.3) is 0 Å². The highest BCUT2D eigenvalue weighted by molar-refractivity contribution is 5.09. The van der Waals surface area contributed by atoms with Crippen molar-refractivity contribution in [2.24, 2.45) is 0 Å². The van der Waals surface area contributed by atoms with Crippen LogP contribution in [-0.2, 0) is 0 Å². The fourth-order valence-corrected chi connectivity index (χ4v) is 0.983. The Balaban J connectivity index is 4.51. The molecule has 1 unspecified atom stereocenters. The molecule has 0 aromatic rings. The third-order valence-electron chi connectivity index (χ3n) is 1.78. The van der Waals surface area contributed by atoms with Crippen LogP contribution in [0.15, 0.2) is 24.3 Å². The maximum atomic E-state index is 11.1. The molecule has 0 rings (SSSR count). The van der Waals surface area contributed by atoms with Crippen LogP contribution in [0, 0.1) is 5.21 Å². The van der Waals surface area contributed by atoms with E-state index in [1.54, 1.807) is 7.05 Å². The lowest BCUT2D eigenvalue weighted by Crippen LogP contribution is -3.12. The molecule has 0 fully saturated rings. The lowest BCUT2D eigenvalue weighted by Gasteiger charge is -2.33. The number of hydrogen-bond acceptors (Lipinski definition) is 1. The Hall–Kier alpha value is -0.600. The highest BCUT2D eigenvalue weighted by Gasteiger charge is 2.20. The number of hydroxylamine groups is 2. The number of hydrogen-bond donors (Lipinski definition) is 1. The minimum Gasteiger partial charge on any atom is -0.634 e. The fourth-order valence-electron chi connectivity index (χ4n) is 0.983. The lowest BCUT2D eigenvalue weighted by atomic mass is 10.0. The van der Waals surface area contributed by atoms with Crippen molar-refractivity contribution in [3.63, 3.8) is 0 Å². The summed E-state index contributed by atoms with van der Waals surface area (Å²) in [6.45, 7) is 5.75. The van der Waals surface area contributed by atoms with Gasteiger partial charge in [-0.15, -0.1) is 0 Å². The highest BCUT2D eigenvalue weighted by Crippen LogP contribution is 2.02. The Morgan fingerprint density at radius 2 is 1.55 bits per heavy atom. The average Bonchev–Trinajstić information content (AvgIpc) is 1.88. The smallest absolute Gasteiger partial charge is 0.132 e. The van der Waals surface area contributed by atoms with Gasteiger partial charge < -0.3 is 10.3 Å². The van der Waals surface area contributed by atoms with Gasteiger partial charge in [-0.25, -0.2) is 0 Å². The van der Waals surface area contributed by atoms with E-state index in [1.807, 2.05) is 45.1 Å². The van der Waals surface area contributed by atoms with E-state index in [4.69, 9.17) is 0 Å². The molecule has 0 heterocycles. The van der Waals surface area contributed by atoms with Crippen LogP contribution in [0.1, 0.15) is 20.8 Å². The lowest BCUT2D eigenvalue weighted by molar-refractivity contribution is -0.865. The van der Waals surface area contributed by atoms with Crippen LogP contribution in [0.5, 0.6) is 0 Å². The van der Waals surface area contributed by atoms with E-state index in [-0.39, 0.29) is 5.06 Å². The van der Waals surface area contributed by atoms with E-state index < -0.39 is 5.54 Å². The molecule has 0 bridgehead atoms. The summed E-state index contributed by atoms with van der Waals surface area (Å²) in [5.74, 6) is 0. The quantitative estimate of drug-likeness (QED) is 0.476. The van der Waals surface area contributed by atoms with Crippen LogP contribution in [-0.4, -0.2) is 12.6 Å². The van der Waals surface area contributed by atoms with Gasteiger partial charge in [0, 0.05) is 0 Å². The van der Waals surface area contributed by atoms with Gasteiger partial charge in [0.05, 0.1) is 7.05 Å². The number of nitrogens with one attached hydrogen (secondary N) is 1. The molecule has 0 aliphatic carbocycles. The van der Waals surface area contributed by atoms with E-state index in [0.29, 0.717) is 0 Å². The molecule has 0 aromatic carbocycles. The molecular formula is C9H17NO. The van der Waals surface area contributed by atoms with E-state index >= 15 is 0 Å². The predicted octanol–water partition coefficient (Wildman–Crippen LogP) is 0.910. The third kappa shape index (κ3) is 2.87. The van der Waals surface area contributed by atoms with Crippen molar-refractivity contribution in [2.45, 2.75) is 26.3 Å². The zero-order valence-corrected chi connectivity index (χ0v) is 7.72.